The average Bonchev–Trinajstić information content (AvgIpc) is 2.82. The molecule has 0 aliphatic heterocycles. The minimum atomic E-state index is -4.62. The first-order chi connectivity index (χ1) is 16.5. The Hall–Kier alpha value is -3.79. The summed E-state index contributed by atoms with van der Waals surface area (Å²) in [5, 5.41) is 19.4. The van der Waals surface area contributed by atoms with Crippen molar-refractivity contribution in [1.82, 2.24) is 0 Å². The summed E-state index contributed by atoms with van der Waals surface area (Å²) in [4.78, 5) is 22.1. The van der Waals surface area contributed by atoms with E-state index in [1.807, 2.05) is 6.07 Å². The molecule has 0 saturated heterocycles. The van der Waals surface area contributed by atoms with Gasteiger partial charge in [-0.2, -0.15) is 13.2 Å². The number of fused-ring (bicyclic) bond motifs is 2. The quantitative estimate of drug-likeness (QED) is 0.288. The largest absolute Gasteiger partial charge is 0.496 e. The number of aromatic carboxylic acids is 2. The van der Waals surface area contributed by atoms with E-state index >= 15 is 0 Å². The molecule has 0 spiro atoms. The molecule has 4 rings (SSSR count). The summed E-state index contributed by atoms with van der Waals surface area (Å²) < 4.78 is 49.9. The standard InChI is InChI=1S/C13H9F3O3.C12H9BrO3/c1-19-10-6-5-7-8(11(10)13(14,15)16)3-2-4-9(7)12(17)18;1-16-10-6-5-7-8(11(10)13)3-2-4-9(7)12(14)15/h2-6H,1H3,(H,17,18);2-6H,1H3,(H,14,15). The van der Waals surface area contributed by atoms with E-state index in [-0.39, 0.29) is 22.1 Å². The van der Waals surface area contributed by atoms with Crippen LogP contribution in [0.3, 0.4) is 0 Å². The number of methoxy groups -OCH3 is 2. The second-order valence-corrected chi connectivity index (χ2v) is 7.93. The first-order valence-electron chi connectivity index (χ1n) is 9.90. The molecule has 0 fully saturated rings. The number of carboxylic acids is 2. The number of alkyl halides is 3. The fourth-order valence-corrected chi connectivity index (χ4v) is 4.27. The van der Waals surface area contributed by atoms with E-state index in [0.717, 1.165) is 23.0 Å². The van der Waals surface area contributed by atoms with Crippen LogP contribution in [0.25, 0.3) is 21.5 Å². The van der Waals surface area contributed by atoms with Crippen molar-refractivity contribution in [1.29, 1.82) is 0 Å². The monoisotopic (exact) mass is 550 g/mol. The van der Waals surface area contributed by atoms with Gasteiger partial charge in [-0.15, -0.1) is 0 Å². The zero-order valence-electron chi connectivity index (χ0n) is 18.3. The molecule has 0 aliphatic rings. The van der Waals surface area contributed by atoms with E-state index in [4.69, 9.17) is 19.7 Å². The Labute approximate surface area is 205 Å². The zero-order chi connectivity index (χ0) is 25.9. The molecule has 4 aromatic rings. The van der Waals surface area contributed by atoms with E-state index in [1.54, 1.807) is 31.4 Å². The van der Waals surface area contributed by atoms with Gasteiger partial charge in [-0.3, -0.25) is 0 Å². The van der Waals surface area contributed by atoms with Crippen LogP contribution in [0.15, 0.2) is 65.1 Å². The van der Waals surface area contributed by atoms with Crippen LogP contribution in [0.2, 0.25) is 0 Å². The molecule has 0 radical (unpaired) electrons. The second-order valence-electron chi connectivity index (χ2n) is 7.13. The maximum Gasteiger partial charge on any atom is 0.420 e. The molecule has 10 heteroatoms. The van der Waals surface area contributed by atoms with Gasteiger partial charge in [0.1, 0.15) is 17.1 Å². The van der Waals surface area contributed by atoms with Gasteiger partial charge < -0.3 is 19.7 Å². The normalized spacial score (nSPS) is 11.0. The molecule has 0 heterocycles. The highest BCUT2D eigenvalue weighted by atomic mass is 79.9. The van der Waals surface area contributed by atoms with Crippen LogP contribution >= 0.6 is 15.9 Å². The van der Waals surface area contributed by atoms with Gasteiger partial charge in [0, 0.05) is 5.39 Å². The van der Waals surface area contributed by atoms with Crippen LogP contribution in [0.4, 0.5) is 13.2 Å². The second kappa shape index (κ2) is 10.2. The summed E-state index contributed by atoms with van der Waals surface area (Å²) in [6, 6.07) is 14.9. The summed E-state index contributed by atoms with van der Waals surface area (Å²) >= 11 is 3.41. The Morgan fingerprint density at radius 2 is 1.17 bits per heavy atom. The molecule has 0 saturated carbocycles. The Kier molecular flexibility index (Phi) is 7.54. The van der Waals surface area contributed by atoms with Crippen LogP contribution in [0, 0.1) is 0 Å². The number of ether oxygens (including phenoxy) is 2. The number of rotatable bonds is 4. The summed E-state index contributed by atoms with van der Waals surface area (Å²) in [6.07, 6.45) is -4.62. The fourth-order valence-electron chi connectivity index (χ4n) is 3.63. The van der Waals surface area contributed by atoms with Gasteiger partial charge >= 0.3 is 18.1 Å². The number of benzene rings is 4. The lowest BCUT2D eigenvalue weighted by Gasteiger charge is -2.15. The topological polar surface area (TPSA) is 93.1 Å². The maximum absolute atomic E-state index is 13.1. The molecule has 4 aromatic carbocycles. The van der Waals surface area contributed by atoms with Crippen LogP contribution < -0.4 is 9.47 Å². The Balaban J connectivity index is 0.000000198. The van der Waals surface area contributed by atoms with Crippen molar-refractivity contribution in [3.05, 3.63) is 81.8 Å². The molecule has 0 amide bonds. The predicted octanol–water partition coefficient (Wildman–Crippen LogP) is 6.87. The summed E-state index contributed by atoms with van der Waals surface area (Å²) in [6.45, 7) is 0. The minimum absolute atomic E-state index is 0.0307. The Morgan fingerprint density at radius 1 is 0.714 bits per heavy atom. The molecule has 6 nitrogen and oxygen atoms in total. The highest BCUT2D eigenvalue weighted by molar-refractivity contribution is 9.10. The molecular weight excluding hydrogens is 533 g/mol. The van der Waals surface area contributed by atoms with Crippen molar-refractivity contribution in [3.63, 3.8) is 0 Å². The summed E-state index contributed by atoms with van der Waals surface area (Å²) in [5.74, 6) is -1.84. The molecule has 0 aromatic heterocycles. The third kappa shape index (κ3) is 5.17. The lowest BCUT2D eigenvalue weighted by Crippen LogP contribution is -2.09. The fraction of sp³-hybridized carbons (Fsp3) is 0.120. The molecule has 0 aliphatic carbocycles. The highest BCUT2D eigenvalue weighted by Gasteiger charge is 2.36. The van der Waals surface area contributed by atoms with Gasteiger partial charge in [0.2, 0.25) is 0 Å². The maximum atomic E-state index is 13.1. The molecule has 0 bridgehead atoms. The molecule has 182 valence electrons. The van der Waals surface area contributed by atoms with E-state index in [0.29, 0.717) is 16.7 Å². The van der Waals surface area contributed by atoms with Gasteiger partial charge in [0.05, 0.1) is 29.8 Å². The molecule has 0 atom stereocenters. The Morgan fingerprint density at radius 3 is 1.63 bits per heavy atom. The molecule has 2 N–H and O–H groups in total. The number of carboxylic acid groups (broad SMARTS) is 2. The Bertz CT molecular complexity index is 1430. The lowest BCUT2D eigenvalue weighted by molar-refractivity contribution is -0.137. The van der Waals surface area contributed by atoms with Crippen molar-refractivity contribution < 1.29 is 42.4 Å². The smallest absolute Gasteiger partial charge is 0.420 e. The SMILES string of the molecule is COc1ccc2c(C(=O)O)cccc2c1Br.COc1ccc2c(C(=O)O)cccc2c1C(F)(F)F. The average molecular weight is 551 g/mol. The third-order valence-corrected chi connectivity index (χ3v) is 5.99. The van der Waals surface area contributed by atoms with Crippen LogP contribution in [0.1, 0.15) is 26.3 Å². The van der Waals surface area contributed by atoms with Crippen molar-refractivity contribution >= 4 is 49.4 Å². The highest BCUT2D eigenvalue weighted by Crippen LogP contribution is 2.41. The van der Waals surface area contributed by atoms with E-state index in [1.165, 1.54) is 24.3 Å². The number of carbonyl (C=O) groups is 2. The van der Waals surface area contributed by atoms with Crippen LogP contribution in [-0.2, 0) is 6.18 Å². The third-order valence-electron chi connectivity index (χ3n) is 5.17. The van der Waals surface area contributed by atoms with E-state index in [9.17, 15) is 22.8 Å². The predicted molar refractivity (Wildman–Crippen MR) is 128 cm³/mol. The van der Waals surface area contributed by atoms with Gasteiger partial charge in [0.15, 0.2) is 0 Å². The van der Waals surface area contributed by atoms with Gasteiger partial charge in [-0.25, -0.2) is 9.59 Å². The first kappa shape index (κ1) is 25.8. The molecule has 0 unspecified atom stereocenters. The number of hydrogen-bond donors (Lipinski definition) is 2. The summed E-state index contributed by atoms with van der Waals surface area (Å²) in [7, 11) is 2.71. The molecular formula is C25H18BrF3O6. The van der Waals surface area contributed by atoms with Crippen molar-refractivity contribution in [2.45, 2.75) is 6.18 Å². The van der Waals surface area contributed by atoms with E-state index in [2.05, 4.69) is 15.9 Å². The van der Waals surface area contributed by atoms with Gasteiger partial charge in [-0.05, 0) is 68.5 Å². The first-order valence-corrected chi connectivity index (χ1v) is 10.7. The zero-order valence-corrected chi connectivity index (χ0v) is 19.9. The van der Waals surface area contributed by atoms with Gasteiger partial charge in [-0.1, -0.05) is 24.3 Å². The van der Waals surface area contributed by atoms with Crippen LogP contribution in [-0.4, -0.2) is 36.4 Å². The van der Waals surface area contributed by atoms with Crippen LogP contribution in [0.5, 0.6) is 11.5 Å². The minimum Gasteiger partial charge on any atom is -0.496 e. The summed E-state index contributed by atoms with van der Waals surface area (Å²) in [5.41, 5.74) is -0.845. The molecule has 35 heavy (non-hydrogen) atoms. The number of halogens is 4. The van der Waals surface area contributed by atoms with Crippen molar-refractivity contribution in [2.75, 3.05) is 14.2 Å². The lowest BCUT2D eigenvalue weighted by atomic mass is 9.99. The van der Waals surface area contributed by atoms with E-state index < -0.39 is 23.7 Å². The van der Waals surface area contributed by atoms with Gasteiger partial charge in [0.25, 0.3) is 0 Å². The number of hydrogen-bond acceptors (Lipinski definition) is 4. The van der Waals surface area contributed by atoms with Crippen molar-refractivity contribution in [3.8, 4) is 11.5 Å². The van der Waals surface area contributed by atoms with Crippen molar-refractivity contribution in [2.24, 2.45) is 0 Å².